The molecule has 0 unspecified atom stereocenters. The Kier molecular flexibility index (Phi) is 6.72. The molecule has 4 rings (SSSR count). The van der Waals surface area contributed by atoms with Gasteiger partial charge in [0.2, 0.25) is 0 Å². The fourth-order valence-electron chi connectivity index (χ4n) is 4.14. The fraction of sp³-hybridized carbons (Fsp3) is 0.280. The third-order valence-electron chi connectivity index (χ3n) is 5.78. The molecule has 1 aliphatic rings. The minimum Gasteiger partial charge on any atom is -0.429 e. The quantitative estimate of drug-likeness (QED) is 0.315. The second-order valence-electron chi connectivity index (χ2n) is 8.01. The predicted molar refractivity (Wildman–Crippen MR) is 111 cm³/mol. The van der Waals surface area contributed by atoms with Gasteiger partial charge in [0.1, 0.15) is 11.6 Å². The molecule has 3 aromatic carbocycles. The standard InChI is InChI=1S/C25H19F7O2/c26-20-11-17(16-7-5-15(6-8-16)14-3-1-2-4-14)9-10-19(20)25(31,32)34-18-12-21(27)23(22(28)13-18)33-24(29)30/h5-14,24H,1-4H2. The summed E-state index contributed by atoms with van der Waals surface area (Å²) in [5.41, 5.74) is 1.02. The summed E-state index contributed by atoms with van der Waals surface area (Å²) in [4.78, 5) is 0. The largest absolute Gasteiger partial charge is 0.429 e. The number of halogens is 7. The zero-order valence-corrected chi connectivity index (χ0v) is 17.6. The van der Waals surface area contributed by atoms with Crippen LogP contribution >= 0.6 is 0 Å². The first-order valence-corrected chi connectivity index (χ1v) is 10.5. The van der Waals surface area contributed by atoms with E-state index >= 15 is 0 Å². The zero-order valence-electron chi connectivity index (χ0n) is 17.6. The smallest absolute Gasteiger partial charge is 0.429 e. The lowest BCUT2D eigenvalue weighted by Gasteiger charge is -2.20. The third kappa shape index (κ3) is 5.13. The monoisotopic (exact) mass is 484 g/mol. The van der Waals surface area contributed by atoms with E-state index in [-0.39, 0.29) is 12.1 Å². The molecule has 0 atom stereocenters. The molecule has 9 heteroatoms. The van der Waals surface area contributed by atoms with Crippen LogP contribution in [-0.2, 0) is 6.11 Å². The molecule has 34 heavy (non-hydrogen) atoms. The summed E-state index contributed by atoms with van der Waals surface area (Å²) in [6.45, 7) is -3.52. The summed E-state index contributed by atoms with van der Waals surface area (Å²) in [5.74, 6) is -6.63. The van der Waals surface area contributed by atoms with Crippen LogP contribution in [0.4, 0.5) is 30.7 Å². The molecule has 0 saturated heterocycles. The molecule has 1 saturated carbocycles. The van der Waals surface area contributed by atoms with Gasteiger partial charge < -0.3 is 9.47 Å². The molecule has 0 heterocycles. The molecule has 2 nitrogen and oxygen atoms in total. The van der Waals surface area contributed by atoms with E-state index in [1.54, 1.807) is 12.1 Å². The van der Waals surface area contributed by atoms with Gasteiger partial charge in [0.25, 0.3) is 0 Å². The molecule has 1 aliphatic carbocycles. The van der Waals surface area contributed by atoms with Gasteiger partial charge in [-0.05, 0) is 47.6 Å². The Hall–Kier alpha value is -3.23. The average Bonchev–Trinajstić information content (AvgIpc) is 3.31. The molecule has 0 radical (unpaired) electrons. The second kappa shape index (κ2) is 9.56. The SMILES string of the molecule is Fc1cc(-c2ccc(C3CCCC3)cc2)ccc1C(F)(F)Oc1cc(F)c(OC(F)F)c(F)c1. The van der Waals surface area contributed by atoms with Gasteiger partial charge >= 0.3 is 12.7 Å². The van der Waals surface area contributed by atoms with E-state index in [9.17, 15) is 30.7 Å². The molecule has 0 bridgehead atoms. The number of benzene rings is 3. The van der Waals surface area contributed by atoms with Gasteiger partial charge in [-0.3, -0.25) is 0 Å². The van der Waals surface area contributed by atoms with Crippen LogP contribution in [0, 0.1) is 17.5 Å². The Morgan fingerprint density at radius 2 is 1.35 bits per heavy atom. The van der Waals surface area contributed by atoms with Crippen LogP contribution in [0.5, 0.6) is 11.5 Å². The Morgan fingerprint density at radius 3 is 1.91 bits per heavy atom. The number of hydrogen-bond acceptors (Lipinski definition) is 2. The van der Waals surface area contributed by atoms with Crippen LogP contribution in [-0.4, -0.2) is 6.61 Å². The molecular weight excluding hydrogens is 465 g/mol. The van der Waals surface area contributed by atoms with Crippen molar-refractivity contribution in [2.24, 2.45) is 0 Å². The van der Waals surface area contributed by atoms with Crippen molar-refractivity contribution in [1.82, 2.24) is 0 Å². The van der Waals surface area contributed by atoms with Crippen molar-refractivity contribution in [2.45, 2.75) is 44.3 Å². The van der Waals surface area contributed by atoms with Crippen molar-refractivity contribution in [2.75, 3.05) is 0 Å². The third-order valence-corrected chi connectivity index (χ3v) is 5.78. The first-order valence-electron chi connectivity index (χ1n) is 10.5. The predicted octanol–water partition coefficient (Wildman–Crippen LogP) is 8.16. The molecule has 0 N–H and O–H groups in total. The lowest BCUT2D eigenvalue weighted by Crippen LogP contribution is -2.23. The molecule has 0 aliphatic heterocycles. The topological polar surface area (TPSA) is 18.5 Å². The van der Waals surface area contributed by atoms with Gasteiger partial charge in [-0.15, -0.1) is 0 Å². The number of rotatable bonds is 7. The van der Waals surface area contributed by atoms with E-state index in [1.807, 2.05) is 12.1 Å². The summed E-state index contributed by atoms with van der Waals surface area (Å²) in [7, 11) is 0. The van der Waals surface area contributed by atoms with Crippen molar-refractivity contribution in [3.8, 4) is 22.6 Å². The number of ether oxygens (including phenoxy) is 2. The van der Waals surface area contributed by atoms with Crippen LogP contribution in [0.3, 0.4) is 0 Å². The maximum Gasteiger partial charge on any atom is 0.429 e. The van der Waals surface area contributed by atoms with Crippen LogP contribution in [0.2, 0.25) is 0 Å². The Bertz CT molecular complexity index is 1130. The molecule has 3 aromatic rings. The van der Waals surface area contributed by atoms with E-state index in [0.29, 0.717) is 17.0 Å². The fourth-order valence-corrected chi connectivity index (χ4v) is 4.14. The number of alkyl halides is 4. The lowest BCUT2D eigenvalue weighted by molar-refractivity contribution is -0.187. The van der Waals surface area contributed by atoms with E-state index in [2.05, 4.69) is 9.47 Å². The first-order chi connectivity index (χ1) is 16.1. The Balaban J connectivity index is 1.54. The summed E-state index contributed by atoms with van der Waals surface area (Å²) >= 11 is 0. The summed E-state index contributed by atoms with van der Waals surface area (Å²) in [5, 5.41) is 0. The first kappa shape index (κ1) is 23.9. The molecule has 0 amide bonds. The summed E-state index contributed by atoms with van der Waals surface area (Å²) < 4.78 is 104. The highest BCUT2D eigenvalue weighted by atomic mass is 19.3. The van der Waals surface area contributed by atoms with Crippen molar-refractivity contribution >= 4 is 0 Å². The van der Waals surface area contributed by atoms with Gasteiger partial charge in [0, 0.05) is 12.1 Å². The molecule has 180 valence electrons. The van der Waals surface area contributed by atoms with Gasteiger partial charge in [-0.1, -0.05) is 43.2 Å². The van der Waals surface area contributed by atoms with Crippen LogP contribution < -0.4 is 9.47 Å². The second-order valence-corrected chi connectivity index (χ2v) is 8.01. The maximum atomic E-state index is 14.6. The highest BCUT2D eigenvalue weighted by Gasteiger charge is 2.38. The Morgan fingerprint density at radius 1 is 0.765 bits per heavy atom. The average molecular weight is 484 g/mol. The molecule has 0 spiro atoms. The van der Waals surface area contributed by atoms with E-state index in [4.69, 9.17) is 0 Å². The molecular formula is C25H19F7O2. The van der Waals surface area contributed by atoms with Gasteiger partial charge in [-0.25, -0.2) is 13.2 Å². The minimum absolute atomic E-state index is 0.243. The zero-order chi connectivity index (χ0) is 24.5. The molecule has 0 aromatic heterocycles. The van der Waals surface area contributed by atoms with Gasteiger partial charge in [-0.2, -0.15) is 17.6 Å². The van der Waals surface area contributed by atoms with Crippen molar-refractivity contribution in [3.63, 3.8) is 0 Å². The summed E-state index contributed by atoms with van der Waals surface area (Å²) in [6.07, 6.45) is 0.296. The highest BCUT2D eigenvalue weighted by molar-refractivity contribution is 5.64. The summed E-state index contributed by atoms with van der Waals surface area (Å²) in [6, 6.07) is 11.0. The highest BCUT2D eigenvalue weighted by Crippen LogP contribution is 2.38. The van der Waals surface area contributed by atoms with Crippen molar-refractivity contribution < 1.29 is 40.2 Å². The maximum absolute atomic E-state index is 14.6. The van der Waals surface area contributed by atoms with E-state index < -0.39 is 47.2 Å². The lowest BCUT2D eigenvalue weighted by atomic mass is 9.95. The minimum atomic E-state index is -4.31. The van der Waals surface area contributed by atoms with E-state index in [1.165, 1.54) is 24.5 Å². The van der Waals surface area contributed by atoms with E-state index in [0.717, 1.165) is 25.0 Å². The van der Waals surface area contributed by atoms with Gasteiger partial charge in [0.05, 0.1) is 5.56 Å². The number of hydrogen-bond donors (Lipinski definition) is 0. The van der Waals surface area contributed by atoms with Crippen LogP contribution in [0.15, 0.2) is 54.6 Å². The normalized spacial score (nSPS) is 14.6. The van der Waals surface area contributed by atoms with Crippen molar-refractivity contribution in [1.29, 1.82) is 0 Å². The molecule has 1 fully saturated rings. The van der Waals surface area contributed by atoms with Crippen LogP contribution in [0.25, 0.3) is 11.1 Å². The Labute approximate surface area is 190 Å². The van der Waals surface area contributed by atoms with Crippen molar-refractivity contribution in [3.05, 3.63) is 83.2 Å². The van der Waals surface area contributed by atoms with Gasteiger partial charge in [0.15, 0.2) is 17.4 Å². The van der Waals surface area contributed by atoms with Crippen LogP contribution in [0.1, 0.15) is 42.7 Å².